The number of hydrogen-bond donors (Lipinski definition) is 2. The van der Waals surface area contributed by atoms with E-state index >= 15 is 0 Å². The summed E-state index contributed by atoms with van der Waals surface area (Å²) in [5, 5.41) is 8.02. The third-order valence-electron chi connectivity index (χ3n) is 4.40. The van der Waals surface area contributed by atoms with Crippen molar-refractivity contribution in [3.63, 3.8) is 0 Å². The van der Waals surface area contributed by atoms with E-state index in [2.05, 4.69) is 29.3 Å². The minimum atomic E-state index is -3.60. The summed E-state index contributed by atoms with van der Waals surface area (Å²) in [6.07, 6.45) is 3.79. The Morgan fingerprint density at radius 3 is 2.36 bits per heavy atom. The van der Waals surface area contributed by atoms with E-state index in [4.69, 9.17) is 5.14 Å². The Hall–Kier alpha value is -1.48. The Morgan fingerprint density at radius 2 is 1.80 bits per heavy atom. The fourth-order valence-corrected chi connectivity index (χ4v) is 3.50. The van der Waals surface area contributed by atoms with Crippen LogP contribution in [-0.4, -0.2) is 56.3 Å². The smallest absolute Gasteiger partial charge is 0.276 e. The van der Waals surface area contributed by atoms with Crippen LogP contribution in [0, 0.1) is 0 Å². The van der Waals surface area contributed by atoms with Crippen molar-refractivity contribution in [2.24, 2.45) is 5.14 Å². The van der Waals surface area contributed by atoms with E-state index in [0.717, 1.165) is 12.1 Å². The van der Waals surface area contributed by atoms with Crippen LogP contribution >= 0.6 is 0 Å². The molecule has 1 aromatic rings. The first-order valence-corrected chi connectivity index (χ1v) is 10.3. The van der Waals surface area contributed by atoms with E-state index < -0.39 is 10.2 Å². The van der Waals surface area contributed by atoms with Crippen LogP contribution in [0.15, 0.2) is 24.3 Å². The molecule has 0 saturated carbocycles. The second-order valence-corrected chi connectivity index (χ2v) is 7.93. The molecule has 0 radical (unpaired) electrons. The maximum Gasteiger partial charge on any atom is 0.276 e. The molecule has 3 N–H and O–H groups in total. The molecule has 1 heterocycles. The second kappa shape index (κ2) is 9.28. The standard InChI is InChI=1S/C17H28N4O3S/c1-2-3-4-15-5-7-16(8-6-15)19-17(22)9-10-20-11-13-21(14-12-20)25(18,23)24/h5-8H,2-4,9-14H2,1H3,(H,19,22)(H2,18,23,24). The Morgan fingerprint density at radius 1 is 1.16 bits per heavy atom. The van der Waals surface area contributed by atoms with Crippen molar-refractivity contribution in [2.75, 3.05) is 38.0 Å². The fourth-order valence-electron chi connectivity index (χ4n) is 2.83. The minimum Gasteiger partial charge on any atom is -0.326 e. The summed E-state index contributed by atoms with van der Waals surface area (Å²) < 4.78 is 23.8. The van der Waals surface area contributed by atoms with Crippen molar-refractivity contribution < 1.29 is 13.2 Å². The van der Waals surface area contributed by atoms with E-state index in [0.29, 0.717) is 39.1 Å². The number of amides is 1. The molecule has 0 aromatic heterocycles. The van der Waals surface area contributed by atoms with Crippen molar-refractivity contribution in [1.82, 2.24) is 9.21 Å². The van der Waals surface area contributed by atoms with Crippen molar-refractivity contribution in [3.05, 3.63) is 29.8 Å². The maximum atomic E-state index is 12.1. The molecule has 0 bridgehead atoms. The van der Waals surface area contributed by atoms with Gasteiger partial charge in [0, 0.05) is 44.8 Å². The summed E-state index contributed by atoms with van der Waals surface area (Å²) in [5.74, 6) is -0.0322. The van der Waals surface area contributed by atoms with Crippen LogP contribution in [0.1, 0.15) is 31.7 Å². The predicted molar refractivity (Wildman–Crippen MR) is 99.4 cm³/mol. The van der Waals surface area contributed by atoms with Gasteiger partial charge in [0.2, 0.25) is 5.91 Å². The molecule has 1 fully saturated rings. The average Bonchev–Trinajstić information content (AvgIpc) is 2.59. The fraction of sp³-hybridized carbons (Fsp3) is 0.588. The van der Waals surface area contributed by atoms with Gasteiger partial charge in [-0.1, -0.05) is 25.5 Å². The molecule has 140 valence electrons. The third kappa shape index (κ3) is 6.74. The Balaban J connectivity index is 1.71. The van der Waals surface area contributed by atoms with Gasteiger partial charge in [0.25, 0.3) is 10.2 Å². The number of anilines is 1. The number of hydrogen-bond acceptors (Lipinski definition) is 4. The van der Waals surface area contributed by atoms with E-state index in [1.165, 1.54) is 22.7 Å². The second-order valence-electron chi connectivity index (χ2n) is 6.38. The lowest BCUT2D eigenvalue weighted by atomic mass is 10.1. The maximum absolute atomic E-state index is 12.1. The first-order chi connectivity index (χ1) is 11.9. The number of nitrogens with zero attached hydrogens (tertiary/aromatic N) is 2. The SMILES string of the molecule is CCCCc1ccc(NC(=O)CCN2CCN(S(N)(=O)=O)CC2)cc1. The van der Waals surface area contributed by atoms with E-state index in [1.807, 2.05) is 12.1 Å². The molecule has 25 heavy (non-hydrogen) atoms. The molecular formula is C17H28N4O3S. The summed E-state index contributed by atoms with van der Waals surface area (Å²) >= 11 is 0. The third-order valence-corrected chi connectivity index (χ3v) is 5.49. The molecule has 0 atom stereocenters. The van der Waals surface area contributed by atoms with Crippen LogP contribution in [0.2, 0.25) is 0 Å². The normalized spacial score (nSPS) is 16.7. The number of carbonyl (C=O) groups excluding carboxylic acids is 1. The van der Waals surface area contributed by atoms with Gasteiger partial charge in [-0.15, -0.1) is 0 Å². The average molecular weight is 369 g/mol. The molecule has 0 spiro atoms. The number of benzene rings is 1. The van der Waals surface area contributed by atoms with Crippen LogP contribution in [0.5, 0.6) is 0 Å². The first-order valence-electron chi connectivity index (χ1n) is 8.77. The van der Waals surface area contributed by atoms with Crippen LogP contribution in [-0.2, 0) is 21.4 Å². The molecule has 1 amide bonds. The van der Waals surface area contributed by atoms with Crippen LogP contribution in [0.4, 0.5) is 5.69 Å². The zero-order valence-corrected chi connectivity index (χ0v) is 15.6. The number of piperazine rings is 1. The van der Waals surface area contributed by atoms with E-state index in [1.54, 1.807) is 0 Å². The lowest BCUT2D eigenvalue weighted by molar-refractivity contribution is -0.116. The summed E-state index contributed by atoms with van der Waals surface area (Å²) in [6.45, 7) is 4.72. The van der Waals surface area contributed by atoms with Crippen molar-refractivity contribution in [3.8, 4) is 0 Å². The van der Waals surface area contributed by atoms with Crippen molar-refractivity contribution in [1.29, 1.82) is 0 Å². The highest BCUT2D eigenvalue weighted by atomic mass is 32.2. The predicted octanol–water partition coefficient (Wildman–Crippen LogP) is 1.18. The van der Waals surface area contributed by atoms with Gasteiger partial charge >= 0.3 is 0 Å². The molecule has 1 aliphatic heterocycles. The summed E-state index contributed by atoms with van der Waals surface area (Å²) in [6, 6.07) is 7.98. The Bertz CT molecular complexity index is 653. The molecule has 1 saturated heterocycles. The Kier molecular flexibility index (Phi) is 7.37. The van der Waals surface area contributed by atoms with Gasteiger partial charge in [-0.05, 0) is 30.5 Å². The van der Waals surface area contributed by atoms with Gasteiger partial charge in [-0.25, -0.2) is 5.14 Å². The molecule has 1 aliphatic rings. The number of nitrogens with one attached hydrogen (secondary N) is 1. The monoisotopic (exact) mass is 368 g/mol. The van der Waals surface area contributed by atoms with Crippen molar-refractivity contribution >= 4 is 21.8 Å². The number of nitrogens with two attached hydrogens (primary N) is 1. The molecule has 8 heteroatoms. The highest BCUT2D eigenvalue weighted by molar-refractivity contribution is 7.86. The summed E-state index contributed by atoms with van der Waals surface area (Å²) in [7, 11) is -3.60. The van der Waals surface area contributed by atoms with Crippen molar-refractivity contribution in [2.45, 2.75) is 32.6 Å². The molecule has 2 rings (SSSR count). The zero-order valence-electron chi connectivity index (χ0n) is 14.8. The van der Waals surface area contributed by atoms with Crippen LogP contribution in [0.3, 0.4) is 0 Å². The van der Waals surface area contributed by atoms with Gasteiger partial charge in [-0.2, -0.15) is 12.7 Å². The van der Waals surface area contributed by atoms with Gasteiger partial charge < -0.3 is 10.2 Å². The van der Waals surface area contributed by atoms with Gasteiger partial charge in [0.05, 0.1) is 0 Å². The van der Waals surface area contributed by atoms with Gasteiger partial charge in [0.15, 0.2) is 0 Å². The quantitative estimate of drug-likeness (QED) is 0.720. The molecule has 0 aliphatic carbocycles. The van der Waals surface area contributed by atoms with E-state index in [-0.39, 0.29) is 5.91 Å². The number of carbonyl (C=O) groups is 1. The molecule has 1 aromatic carbocycles. The van der Waals surface area contributed by atoms with Crippen LogP contribution in [0.25, 0.3) is 0 Å². The number of rotatable bonds is 8. The van der Waals surface area contributed by atoms with Gasteiger partial charge in [0.1, 0.15) is 0 Å². The Labute approximate surface area is 150 Å². The first kappa shape index (κ1) is 19.8. The largest absolute Gasteiger partial charge is 0.326 e. The zero-order chi connectivity index (χ0) is 18.3. The highest BCUT2D eigenvalue weighted by Gasteiger charge is 2.23. The van der Waals surface area contributed by atoms with E-state index in [9.17, 15) is 13.2 Å². The summed E-state index contributed by atoms with van der Waals surface area (Å²) in [4.78, 5) is 14.2. The molecular weight excluding hydrogens is 340 g/mol. The highest BCUT2D eigenvalue weighted by Crippen LogP contribution is 2.12. The number of unbranched alkanes of at least 4 members (excludes halogenated alkanes) is 1. The van der Waals surface area contributed by atoms with Crippen LogP contribution < -0.4 is 10.5 Å². The minimum absolute atomic E-state index is 0.0322. The number of aryl methyl sites for hydroxylation is 1. The lowest BCUT2D eigenvalue weighted by Gasteiger charge is -2.32. The summed E-state index contributed by atoms with van der Waals surface area (Å²) in [5.41, 5.74) is 2.09. The molecule has 7 nitrogen and oxygen atoms in total. The topological polar surface area (TPSA) is 95.7 Å². The molecule has 0 unspecified atom stereocenters. The lowest BCUT2D eigenvalue weighted by Crippen LogP contribution is -2.50. The van der Waals surface area contributed by atoms with Gasteiger partial charge in [-0.3, -0.25) is 4.79 Å².